The number of carbonyl (C=O) groups excluding carboxylic acids is 1. The highest BCUT2D eigenvalue weighted by atomic mass is 127. The largest absolute Gasteiger partial charge is 0.460 e. The lowest BCUT2D eigenvalue weighted by Crippen LogP contribution is -2.21. The number of carbonyl (C=O) groups is 1. The van der Waals surface area contributed by atoms with Crippen molar-refractivity contribution in [3.05, 3.63) is 0 Å². The van der Waals surface area contributed by atoms with E-state index in [2.05, 4.69) is 38.5 Å². The number of hydrogen-bond acceptors (Lipinski definition) is 2. The quantitative estimate of drug-likeness (QED) is 0.419. The zero-order valence-electron chi connectivity index (χ0n) is 6.06. The lowest BCUT2D eigenvalue weighted by molar-refractivity contribution is -0.146. The second-order valence-corrected chi connectivity index (χ2v) is 6.65. The van der Waals surface area contributed by atoms with Crippen LogP contribution in [-0.2, 0) is 9.53 Å². The van der Waals surface area contributed by atoms with Gasteiger partial charge >= 0.3 is 5.97 Å². The van der Waals surface area contributed by atoms with Crippen LogP contribution in [0.1, 0.15) is 25.7 Å². The van der Waals surface area contributed by atoms with E-state index in [-0.39, 0.29) is 14.9 Å². The molecule has 1 saturated heterocycles. The van der Waals surface area contributed by atoms with Crippen molar-refractivity contribution in [2.24, 2.45) is 0 Å². The number of hydrogen-bond donors (Lipinski definition) is 0. The van der Waals surface area contributed by atoms with Crippen LogP contribution in [-0.4, -0.2) is 14.9 Å². The molecule has 0 aromatic carbocycles. The summed E-state index contributed by atoms with van der Waals surface area (Å²) in [5.74, 6) is -0.0476. The second-order valence-electron chi connectivity index (χ2n) is 2.61. The Hall–Kier alpha value is 0.680. The summed E-state index contributed by atoms with van der Waals surface area (Å²) in [6.45, 7) is 0. The summed E-state index contributed by atoms with van der Waals surface area (Å²) in [5.41, 5.74) is 0. The van der Waals surface area contributed by atoms with Crippen LogP contribution >= 0.6 is 38.5 Å². The van der Waals surface area contributed by atoms with Gasteiger partial charge in [-0.1, -0.05) is 38.5 Å². The van der Waals surface area contributed by atoms with Crippen LogP contribution in [0.4, 0.5) is 0 Å². The maximum atomic E-state index is 11.0. The van der Waals surface area contributed by atoms with Crippen LogP contribution in [0.2, 0.25) is 0 Å². The van der Waals surface area contributed by atoms with Crippen molar-refractivity contribution in [1.82, 2.24) is 0 Å². The Bertz CT molecular complexity index is 149. The first-order valence-corrected chi connectivity index (χ1v) is 5.84. The molecule has 0 aliphatic carbocycles. The fourth-order valence-corrected chi connectivity index (χ4v) is 1.96. The van der Waals surface area contributed by atoms with E-state index >= 15 is 0 Å². The number of rotatable bonds is 1. The van der Waals surface area contributed by atoms with E-state index in [0.29, 0.717) is 6.42 Å². The molecule has 2 nitrogen and oxygen atoms in total. The van der Waals surface area contributed by atoms with Gasteiger partial charge in [0.1, 0.15) is 8.94 Å². The van der Waals surface area contributed by atoms with Crippen molar-refractivity contribution in [3.8, 4) is 0 Å². The van der Waals surface area contributed by atoms with E-state index in [4.69, 9.17) is 4.74 Å². The summed E-state index contributed by atoms with van der Waals surface area (Å²) in [7, 11) is 0. The van der Waals surface area contributed by atoms with Gasteiger partial charge in [-0.2, -0.15) is 0 Å². The Morgan fingerprint density at radius 3 is 3.00 bits per heavy atom. The molecule has 1 aliphatic heterocycles. The zero-order chi connectivity index (χ0) is 8.27. The van der Waals surface area contributed by atoms with Gasteiger partial charge in [0.15, 0.2) is 0 Å². The standard InChI is InChI=1S/C7H10BrIO2/c8-7(9)5-3-1-2-4-6(10)11-5/h5,7H,1-4H2. The monoisotopic (exact) mass is 332 g/mol. The molecule has 1 fully saturated rings. The van der Waals surface area contributed by atoms with Gasteiger partial charge in [-0.15, -0.1) is 0 Å². The first-order chi connectivity index (χ1) is 5.20. The maximum Gasteiger partial charge on any atom is 0.306 e. The highest BCUT2D eigenvalue weighted by Gasteiger charge is 2.22. The second kappa shape index (κ2) is 4.64. The maximum absolute atomic E-state index is 11.0. The molecule has 0 aromatic heterocycles. The minimum atomic E-state index is -0.0476. The van der Waals surface area contributed by atoms with Crippen LogP contribution in [0.3, 0.4) is 0 Å². The summed E-state index contributed by atoms with van der Waals surface area (Å²) in [4.78, 5) is 11.0. The molecule has 0 amide bonds. The number of esters is 1. The van der Waals surface area contributed by atoms with Crippen LogP contribution in [0, 0.1) is 0 Å². The van der Waals surface area contributed by atoms with Gasteiger partial charge in [0.2, 0.25) is 0 Å². The first kappa shape index (κ1) is 9.77. The van der Waals surface area contributed by atoms with E-state index in [1.807, 2.05) is 0 Å². The highest BCUT2D eigenvalue weighted by molar-refractivity contribution is 14.1. The molecule has 1 aliphatic rings. The van der Waals surface area contributed by atoms with Crippen molar-refractivity contribution in [3.63, 3.8) is 0 Å². The van der Waals surface area contributed by atoms with Gasteiger partial charge in [0, 0.05) is 6.42 Å². The van der Waals surface area contributed by atoms with Crippen LogP contribution in [0.25, 0.3) is 0 Å². The van der Waals surface area contributed by atoms with Crippen LogP contribution in [0.15, 0.2) is 0 Å². The molecule has 64 valence electrons. The van der Waals surface area contributed by atoms with Gasteiger partial charge in [0.05, 0.1) is 0 Å². The normalized spacial score (nSPS) is 28.9. The number of ether oxygens (including phenoxy) is 1. The van der Waals surface area contributed by atoms with E-state index in [0.717, 1.165) is 19.3 Å². The Balaban J connectivity index is 2.45. The molecule has 0 spiro atoms. The number of cyclic esters (lactones) is 1. The molecule has 2 atom stereocenters. The lowest BCUT2D eigenvalue weighted by atomic mass is 10.2. The third-order valence-electron chi connectivity index (χ3n) is 1.68. The topological polar surface area (TPSA) is 26.3 Å². The molecule has 0 aromatic rings. The molecule has 0 saturated carbocycles. The van der Waals surface area contributed by atoms with E-state index < -0.39 is 0 Å². The Morgan fingerprint density at radius 1 is 1.64 bits per heavy atom. The van der Waals surface area contributed by atoms with Crippen LogP contribution in [0.5, 0.6) is 0 Å². The molecular formula is C7H10BrIO2. The van der Waals surface area contributed by atoms with Gasteiger partial charge in [-0.3, -0.25) is 4.79 Å². The van der Waals surface area contributed by atoms with E-state index in [9.17, 15) is 4.79 Å². The highest BCUT2D eigenvalue weighted by Crippen LogP contribution is 2.24. The fraction of sp³-hybridized carbons (Fsp3) is 0.857. The van der Waals surface area contributed by atoms with E-state index in [1.165, 1.54) is 0 Å². The predicted molar refractivity (Wildman–Crippen MR) is 55.1 cm³/mol. The zero-order valence-corrected chi connectivity index (χ0v) is 9.80. The van der Waals surface area contributed by atoms with E-state index in [1.54, 1.807) is 0 Å². The molecular weight excluding hydrogens is 323 g/mol. The van der Waals surface area contributed by atoms with Crippen molar-refractivity contribution in [2.45, 2.75) is 34.6 Å². The molecule has 1 rings (SSSR count). The molecule has 0 radical (unpaired) electrons. The first-order valence-electron chi connectivity index (χ1n) is 3.68. The molecule has 0 N–H and O–H groups in total. The summed E-state index contributed by atoms with van der Waals surface area (Å²) < 4.78 is 5.43. The Kier molecular flexibility index (Phi) is 4.12. The van der Waals surface area contributed by atoms with Crippen LogP contribution < -0.4 is 0 Å². The van der Waals surface area contributed by atoms with Gasteiger partial charge in [0.25, 0.3) is 0 Å². The third kappa shape index (κ3) is 3.27. The minimum Gasteiger partial charge on any atom is -0.460 e. The Morgan fingerprint density at radius 2 is 2.36 bits per heavy atom. The lowest BCUT2D eigenvalue weighted by Gasteiger charge is -2.15. The summed E-state index contributed by atoms with van der Waals surface area (Å²) in [5, 5.41) is 0. The van der Waals surface area contributed by atoms with Crippen molar-refractivity contribution < 1.29 is 9.53 Å². The minimum absolute atomic E-state index is 0.0476. The molecule has 1 heterocycles. The predicted octanol–water partition coefficient (Wildman–Crippen LogP) is 2.63. The molecule has 4 heteroatoms. The smallest absolute Gasteiger partial charge is 0.306 e. The summed E-state index contributed by atoms with van der Waals surface area (Å²) in [6, 6.07) is 0. The van der Waals surface area contributed by atoms with Gasteiger partial charge < -0.3 is 4.74 Å². The number of alkyl halides is 2. The van der Waals surface area contributed by atoms with Crippen molar-refractivity contribution in [2.75, 3.05) is 0 Å². The average Bonchev–Trinajstić information content (AvgIpc) is 2.13. The van der Waals surface area contributed by atoms with Gasteiger partial charge in [-0.25, -0.2) is 0 Å². The average molecular weight is 333 g/mol. The molecule has 2 unspecified atom stereocenters. The molecule has 0 bridgehead atoms. The molecule has 11 heavy (non-hydrogen) atoms. The number of halogens is 2. The Labute approximate surface area is 88.3 Å². The SMILES string of the molecule is O=C1CCCCC(C(Br)I)O1. The fourth-order valence-electron chi connectivity index (χ4n) is 1.08. The van der Waals surface area contributed by atoms with Crippen molar-refractivity contribution in [1.29, 1.82) is 0 Å². The third-order valence-corrected chi connectivity index (χ3v) is 3.08. The summed E-state index contributed by atoms with van der Waals surface area (Å²) >= 11 is 5.64. The van der Waals surface area contributed by atoms with Gasteiger partial charge in [-0.05, 0) is 19.3 Å². The summed E-state index contributed by atoms with van der Waals surface area (Å²) in [6.07, 6.45) is 3.73. The van der Waals surface area contributed by atoms with Crippen molar-refractivity contribution >= 4 is 44.5 Å².